The number of nitrogens with one attached hydrogen (secondary N) is 1. The highest BCUT2D eigenvalue weighted by molar-refractivity contribution is 9.10. The van der Waals surface area contributed by atoms with Gasteiger partial charge in [-0.1, -0.05) is 35.7 Å². The first-order valence-electron chi connectivity index (χ1n) is 8.47. The molecule has 128 valence electrons. The molecule has 2 unspecified atom stereocenters. The number of aryl methyl sites for hydroxylation is 1. The van der Waals surface area contributed by atoms with Crippen molar-refractivity contribution < 1.29 is 4.79 Å². The summed E-state index contributed by atoms with van der Waals surface area (Å²) in [5.41, 5.74) is 0.556. The van der Waals surface area contributed by atoms with Gasteiger partial charge >= 0.3 is 0 Å². The number of hydrogen-bond acceptors (Lipinski definition) is 3. The molecule has 5 nitrogen and oxygen atoms in total. The number of fused-ring (bicyclic) bond motifs is 1. The maximum Gasteiger partial charge on any atom is 0.261 e. The van der Waals surface area contributed by atoms with Crippen molar-refractivity contribution >= 4 is 32.7 Å². The van der Waals surface area contributed by atoms with Crippen molar-refractivity contribution in [3.8, 4) is 0 Å². The van der Waals surface area contributed by atoms with Crippen LogP contribution in [0.2, 0.25) is 0 Å². The predicted octanol–water partition coefficient (Wildman–Crippen LogP) is 3.24. The van der Waals surface area contributed by atoms with Crippen molar-refractivity contribution in [2.75, 3.05) is 0 Å². The summed E-state index contributed by atoms with van der Waals surface area (Å²) in [5.74, 6) is 0.685. The maximum atomic E-state index is 12.5. The summed E-state index contributed by atoms with van der Waals surface area (Å²) in [4.78, 5) is 29.0. The van der Waals surface area contributed by atoms with Crippen LogP contribution in [0.5, 0.6) is 0 Å². The third-order valence-corrected chi connectivity index (χ3v) is 5.16. The molecule has 3 rings (SSSR count). The van der Waals surface area contributed by atoms with Crippen molar-refractivity contribution in [3.63, 3.8) is 0 Å². The van der Waals surface area contributed by atoms with Gasteiger partial charge in [0.15, 0.2) is 0 Å². The molecular weight excluding hydrogens is 370 g/mol. The van der Waals surface area contributed by atoms with Crippen LogP contribution >= 0.6 is 15.9 Å². The smallest absolute Gasteiger partial charge is 0.261 e. The zero-order valence-electron chi connectivity index (χ0n) is 13.8. The molecule has 0 bridgehead atoms. The van der Waals surface area contributed by atoms with Gasteiger partial charge in [0.05, 0.1) is 17.2 Å². The zero-order chi connectivity index (χ0) is 17.1. The second-order valence-electron chi connectivity index (χ2n) is 6.69. The summed E-state index contributed by atoms with van der Waals surface area (Å²) in [6.07, 6.45) is 6.36. The van der Waals surface area contributed by atoms with E-state index >= 15 is 0 Å². The SMILES string of the molecule is CC1CCCC(NC(=O)CCn2cnc3ccc(Br)cc3c2=O)C1. The van der Waals surface area contributed by atoms with Gasteiger partial charge in [-0.3, -0.25) is 14.2 Å². The Labute approximate surface area is 149 Å². The molecule has 6 heteroatoms. The number of halogens is 1. The van der Waals surface area contributed by atoms with E-state index in [1.54, 1.807) is 6.07 Å². The van der Waals surface area contributed by atoms with E-state index in [1.807, 2.05) is 12.1 Å². The van der Waals surface area contributed by atoms with E-state index in [0.717, 1.165) is 17.3 Å². The lowest BCUT2D eigenvalue weighted by Crippen LogP contribution is -2.38. The lowest BCUT2D eigenvalue weighted by atomic mass is 9.87. The summed E-state index contributed by atoms with van der Waals surface area (Å²) in [6, 6.07) is 5.72. The molecule has 1 amide bonds. The average molecular weight is 392 g/mol. The topological polar surface area (TPSA) is 64.0 Å². The number of carbonyl (C=O) groups is 1. The molecule has 0 saturated heterocycles. The van der Waals surface area contributed by atoms with E-state index in [9.17, 15) is 9.59 Å². The summed E-state index contributed by atoms with van der Waals surface area (Å²) in [6.45, 7) is 2.58. The van der Waals surface area contributed by atoms with Crippen molar-refractivity contribution in [2.45, 2.75) is 51.6 Å². The van der Waals surface area contributed by atoms with Crippen LogP contribution in [0.1, 0.15) is 39.0 Å². The van der Waals surface area contributed by atoms with Crippen LogP contribution in [0.3, 0.4) is 0 Å². The van der Waals surface area contributed by atoms with E-state index < -0.39 is 0 Å². The average Bonchev–Trinajstić information content (AvgIpc) is 2.55. The first kappa shape index (κ1) is 17.1. The van der Waals surface area contributed by atoms with Crippen LogP contribution in [-0.2, 0) is 11.3 Å². The van der Waals surface area contributed by atoms with Crippen molar-refractivity contribution in [1.82, 2.24) is 14.9 Å². The summed E-state index contributed by atoms with van der Waals surface area (Å²) in [5, 5.41) is 3.67. The Morgan fingerprint density at radius 2 is 2.25 bits per heavy atom. The summed E-state index contributed by atoms with van der Waals surface area (Å²) >= 11 is 3.37. The Kier molecular flexibility index (Phi) is 5.33. The number of aromatic nitrogens is 2. The van der Waals surface area contributed by atoms with Gasteiger partial charge in [0, 0.05) is 23.5 Å². The molecule has 1 heterocycles. The summed E-state index contributed by atoms with van der Waals surface area (Å²) < 4.78 is 2.36. The highest BCUT2D eigenvalue weighted by Crippen LogP contribution is 2.23. The molecule has 2 aromatic rings. The fraction of sp³-hybridized carbons (Fsp3) is 0.500. The minimum absolute atomic E-state index is 0.00957. The van der Waals surface area contributed by atoms with Crippen molar-refractivity contribution in [3.05, 3.63) is 39.4 Å². The van der Waals surface area contributed by atoms with E-state index in [-0.39, 0.29) is 17.5 Å². The molecule has 24 heavy (non-hydrogen) atoms. The number of benzene rings is 1. The minimum atomic E-state index is -0.111. The molecule has 1 aliphatic carbocycles. The monoisotopic (exact) mass is 391 g/mol. The maximum absolute atomic E-state index is 12.5. The molecule has 0 aliphatic heterocycles. The molecule has 1 N–H and O–H groups in total. The first-order chi connectivity index (χ1) is 11.5. The summed E-state index contributed by atoms with van der Waals surface area (Å²) in [7, 11) is 0. The van der Waals surface area contributed by atoms with Gasteiger partial charge in [-0.05, 0) is 37.0 Å². The van der Waals surface area contributed by atoms with Gasteiger partial charge in [0.25, 0.3) is 5.56 Å². The van der Waals surface area contributed by atoms with Gasteiger partial charge in [-0.2, -0.15) is 0 Å². The van der Waals surface area contributed by atoms with E-state index in [2.05, 4.69) is 33.2 Å². The zero-order valence-corrected chi connectivity index (χ0v) is 15.4. The second-order valence-corrected chi connectivity index (χ2v) is 7.61. The lowest BCUT2D eigenvalue weighted by molar-refractivity contribution is -0.122. The minimum Gasteiger partial charge on any atom is -0.353 e. The molecule has 0 radical (unpaired) electrons. The second kappa shape index (κ2) is 7.47. The van der Waals surface area contributed by atoms with Crippen LogP contribution in [0.4, 0.5) is 0 Å². The third kappa shape index (κ3) is 4.04. The van der Waals surface area contributed by atoms with Crippen molar-refractivity contribution in [2.24, 2.45) is 5.92 Å². The Balaban J connectivity index is 1.64. The Morgan fingerprint density at radius 3 is 3.04 bits per heavy atom. The standard InChI is InChI=1S/C18H22BrN3O2/c1-12-3-2-4-14(9-12)21-17(23)7-8-22-11-20-16-6-5-13(19)10-15(16)18(22)24/h5-6,10-12,14H,2-4,7-9H2,1H3,(H,21,23). The number of nitrogens with zero attached hydrogens (tertiary/aromatic N) is 2. The predicted molar refractivity (Wildman–Crippen MR) is 97.9 cm³/mol. The highest BCUT2D eigenvalue weighted by Gasteiger charge is 2.20. The van der Waals surface area contributed by atoms with Crippen LogP contribution < -0.4 is 10.9 Å². The van der Waals surface area contributed by atoms with Crippen LogP contribution in [0.15, 0.2) is 33.8 Å². The van der Waals surface area contributed by atoms with Crippen molar-refractivity contribution in [1.29, 1.82) is 0 Å². The Morgan fingerprint density at radius 1 is 1.42 bits per heavy atom. The van der Waals surface area contributed by atoms with Gasteiger partial charge in [0.1, 0.15) is 0 Å². The molecule has 1 aromatic heterocycles. The Bertz CT molecular complexity index is 802. The molecule has 0 spiro atoms. The van der Waals surface area contributed by atoms with Crippen LogP contribution in [0, 0.1) is 5.92 Å². The fourth-order valence-corrected chi connectivity index (χ4v) is 3.74. The number of rotatable bonds is 4. The first-order valence-corrected chi connectivity index (χ1v) is 9.26. The van der Waals surface area contributed by atoms with Gasteiger partial charge in [-0.25, -0.2) is 4.98 Å². The van der Waals surface area contributed by atoms with Gasteiger partial charge in [0.2, 0.25) is 5.91 Å². The fourth-order valence-electron chi connectivity index (χ4n) is 3.38. The third-order valence-electron chi connectivity index (χ3n) is 4.67. The van der Waals surface area contributed by atoms with Crippen LogP contribution in [0.25, 0.3) is 10.9 Å². The highest BCUT2D eigenvalue weighted by atomic mass is 79.9. The Hall–Kier alpha value is -1.69. The number of amides is 1. The molecule has 2 atom stereocenters. The number of hydrogen-bond donors (Lipinski definition) is 1. The molecule has 1 saturated carbocycles. The molecule has 1 aliphatic rings. The van der Waals surface area contributed by atoms with Gasteiger partial charge in [-0.15, -0.1) is 0 Å². The van der Waals surface area contributed by atoms with E-state index in [0.29, 0.717) is 29.8 Å². The normalized spacial score (nSPS) is 20.9. The number of carbonyl (C=O) groups excluding carboxylic acids is 1. The van der Waals surface area contributed by atoms with Gasteiger partial charge < -0.3 is 5.32 Å². The molecule has 1 aromatic carbocycles. The lowest BCUT2D eigenvalue weighted by Gasteiger charge is -2.27. The van der Waals surface area contributed by atoms with E-state index in [1.165, 1.54) is 23.7 Å². The van der Waals surface area contributed by atoms with E-state index in [4.69, 9.17) is 0 Å². The molecular formula is C18H22BrN3O2. The largest absolute Gasteiger partial charge is 0.353 e. The quantitative estimate of drug-likeness (QED) is 0.869. The molecule has 1 fully saturated rings. The van der Waals surface area contributed by atoms with Crippen LogP contribution in [-0.4, -0.2) is 21.5 Å².